The minimum absolute atomic E-state index is 0.156. The average Bonchev–Trinajstić information content (AvgIpc) is 2.14. The quantitative estimate of drug-likeness (QED) is 0.783. The molecule has 0 aliphatic heterocycles. The summed E-state index contributed by atoms with van der Waals surface area (Å²) >= 11 is 0. The molecule has 1 aromatic carbocycles. The summed E-state index contributed by atoms with van der Waals surface area (Å²) in [6.07, 6.45) is 3.01. The molecular weight excluding hydrogens is 177 g/mol. The summed E-state index contributed by atoms with van der Waals surface area (Å²) < 4.78 is 13.4. The average molecular weight is 195 g/mol. The Labute approximate surface area is 85.1 Å². The van der Waals surface area contributed by atoms with Crippen LogP contribution in [0.1, 0.15) is 43.4 Å². The van der Waals surface area contributed by atoms with Gasteiger partial charge in [0, 0.05) is 11.6 Å². The van der Waals surface area contributed by atoms with Crippen molar-refractivity contribution in [3.8, 4) is 0 Å². The van der Waals surface area contributed by atoms with Crippen LogP contribution in [0.5, 0.6) is 0 Å². The fraction of sp³-hybridized carbons (Fsp3) is 0.500. The van der Waals surface area contributed by atoms with Crippen molar-refractivity contribution in [2.45, 2.75) is 39.2 Å². The Morgan fingerprint density at radius 3 is 2.71 bits per heavy atom. The molecule has 0 heterocycles. The van der Waals surface area contributed by atoms with E-state index in [0.29, 0.717) is 5.56 Å². The number of hydrogen-bond acceptors (Lipinski definition) is 1. The van der Waals surface area contributed by atoms with Crippen molar-refractivity contribution in [2.24, 2.45) is 5.73 Å². The first-order valence-corrected chi connectivity index (χ1v) is 5.17. The lowest BCUT2D eigenvalue weighted by molar-refractivity contribution is 0.545. The van der Waals surface area contributed by atoms with Gasteiger partial charge in [-0.3, -0.25) is 0 Å². The molecule has 0 saturated heterocycles. The van der Waals surface area contributed by atoms with E-state index < -0.39 is 0 Å². The Kier molecular flexibility index (Phi) is 4.08. The summed E-state index contributed by atoms with van der Waals surface area (Å²) in [4.78, 5) is 0. The predicted molar refractivity (Wildman–Crippen MR) is 57.6 cm³/mol. The van der Waals surface area contributed by atoms with Gasteiger partial charge in [-0.25, -0.2) is 4.39 Å². The van der Waals surface area contributed by atoms with E-state index >= 15 is 0 Å². The number of rotatable bonds is 4. The van der Waals surface area contributed by atoms with Crippen molar-refractivity contribution in [1.29, 1.82) is 0 Å². The summed E-state index contributed by atoms with van der Waals surface area (Å²) in [5.41, 5.74) is 7.58. The molecule has 78 valence electrons. The normalized spacial score (nSPS) is 12.9. The molecule has 2 N–H and O–H groups in total. The number of unbranched alkanes of at least 4 members (excludes halogenated alkanes) is 1. The summed E-state index contributed by atoms with van der Waals surface area (Å²) in [5, 5.41) is 0. The molecule has 14 heavy (non-hydrogen) atoms. The summed E-state index contributed by atoms with van der Waals surface area (Å²) in [5.74, 6) is -0.173. The zero-order valence-corrected chi connectivity index (χ0v) is 8.89. The van der Waals surface area contributed by atoms with Gasteiger partial charge in [-0.15, -0.1) is 0 Å². The van der Waals surface area contributed by atoms with E-state index in [4.69, 9.17) is 5.73 Å². The van der Waals surface area contributed by atoms with E-state index in [2.05, 4.69) is 6.92 Å². The van der Waals surface area contributed by atoms with Gasteiger partial charge >= 0.3 is 0 Å². The molecule has 0 aliphatic rings. The van der Waals surface area contributed by atoms with Crippen molar-refractivity contribution in [3.63, 3.8) is 0 Å². The maximum absolute atomic E-state index is 13.4. The van der Waals surface area contributed by atoms with Gasteiger partial charge in [-0.1, -0.05) is 31.9 Å². The fourth-order valence-corrected chi connectivity index (χ4v) is 1.68. The molecule has 0 fully saturated rings. The van der Waals surface area contributed by atoms with Gasteiger partial charge in [0.15, 0.2) is 0 Å². The number of hydrogen-bond donors (Lipinski definition) is 1. The third-order valence-corrected chi connectivity index (χ3v) is 2.51. The zero-order valence-electron chi connectivity index (χ0n) is 8.89. The van der Waals surface area contributed by atoms with E-state index in [-0.39, 0.29) is 11.9 Å². The topological polar surface area (TPSA) is 26.0 Å². The van der Waals surface area contributed by atoms with Crippen molar-refractivity contribution in [1.82, 2.24) is 0 Å². The molecule has 0 bridgehead atoms. The Morgan fingerprint density at radius 1 is 1.43 bits per heavy atom. The lowest BCUT2D eigenvalue weighted by Gasteiger charge is -2.14. The molecule has 0 amide bonds. The highest BCUT2D eigenvalue weighted by Crippen LogP contribution is 2.23. The Balaban J connectivity index is 2.82. The largest absolute Gasteiger partial charge is 0.324 e. The monoisotopic (exact) mass is 195 g/mol. The van der Waals surface area contributed by atoms with Crippen molar-refractivity contribution >= 4 is 0 Å². The van der Waals surface area contributed by atoms with Crippen LogP contribution >= 0.6 is 0 Å². The smallest absolute Gasteiger partial charge is 0.128 e. The maximum Gasteiger partial charge on any atom is 0.128 e. The summed E-state index contributed by atoms with van der Waals surface area (Å²) in [7, 11) is 0. The Bertz CT molecular complexity index is 276. The van der Waals surface area contributed by atoms with Gasteiger partial charge in [-0.05, 0) is 25.0 Å². The first-order valence-electron chi connectivity index (χ1n) is 5.17. The second kappa shape index (κ2) is 5.11. The molecule has 0 radical (unpaired) electrons. The highest BCUT2D eigenvalue weighted by molar-refractivity contribution is 5.30. The zero-order chi connectivity index (χ0) is 10.6. The third-order valence-electron chi connectivity index (χ3n) is 2.51. The van der Waals surface area contributed by atoms with Gasteiger partial charge in [0.25, 0.3) is 0 Å². The molecule has 1 rings (SSSR count). The van der Waals surface area contributed by atoms with Crippen LogP contribution in [0.15, 0.2) is 18.2 Å². The molecule has 0 aromatic heterocycles. The standard InChI is InChI=1S/C12H18FN/c1-3-4-8-11(14)12-9(2)6-5-7-10(12)13/h5-7,11H,3-4,8,14H2,1-2H3/t11-/m0/s1. The molecular formula is C12H18FN. The fourth-order valence-electron chi connectivity index (χ4n) is 1.68. The summed E-state index contributed by atoms with van der Waals surface area (Å²) in [6, 6.07) is 4.95. The van der Waals surface area contributed by atoms with Gasteiger partial charge in [0.05, 0.1) is 0 Å². The van der Waals surface area contributed by atoms with E-state index in [1.54, 1.807) is 6.07 Å². The molecule has 1 nitrogen and oxygen atoms in total. The molecule has 0 saturated carbocycles. The number of halogens is 1. The van der Waals surface area contributed by atoms with Crippen molar-refractivity contribution in [3.05, 3.63) is 35.1 Å². The van der Waals surface area contributed by atoms with Crippen LogP contribution in [0.25, 0.3) is 0 Å². The minimum Gasteiger partial charge on any atom is -0.324 e. The maximum atomic E-state index is 13.4. The second-order valence-electron chi connectivity index (χ2n) is 3.72. The number of benzene rings is 1. The molecule has 2 heteroatoms. The first-order chi connectivity index (χ1) is 6.66. The van der Waals surface area contributed by atoms with Crippen molar-refractivity contribution < 1.29 is 4.39 Å². The van der Waals surface area contributed by atoms with E-state index in [0.717, 1.165) is 24.8 Å². The molecule has 1 aromatic rings. The molecule has 0 unspecified atom stereocenters. The Hall–Kier alpha value is -0.890. The van der Waals surface area contributed by atoms with Gasteiger partial charge in [0.2, 0.25) is 0 Å². The van der Waals surface area contributed by atoms with Gasteiger partial charge < -0.3 is 5.73 Å². The summed E-state index contributed by atoms with van der Waals surface area (Å²) in [6.45, 7) is 4.02. The van der Waals surface area contributed by atoms with E-state index in [1.165, 1.54) is 6.07 Å². The number of aryl methyl sites for hydroxylation is 1. The first kappa shape index (κ1) is 11.2. The van der Waals surface area contributed by atoms with Crippen LogP contribution in [0.3, 0.4) is 0 Å². The van der Waals surface area contributed by atoms with Gasteiger partial charge in [0.1, 0.15) is 5.82 Å². The van der Waals surface area contributed by atoms with Crippen LogP contribution < -0.4 is 5.73 Å². The second-order valence-corrected chi connectivity index (χ2v) is 3.72. The van der Waals surface area contributed by atoms with E-state index in [1.807, 2.05) is 13.0 Å². The third kappa shape index (κ3) is 2.55. The number of nitrogens with two attached hydrogens (primary N) is 1. The molecule has 1 atom stereocenters. The van der Waals surface area contributed by atoms with Crippen LogP contribution in [0.4, 0.5) is 4.39 Å². The molecule has 0 aliphatic carbocycles. The predicted octanol–water partition coefficient (Wildman–Crippen LogP) is 3.32. The van der Waals surface area contributed by atoms with Crippen LogP contribution in [0.2, 0.25) is 0 Å². The van der Waals surface area contributed by atoms with Crippen LogP contribution in [-0.4, -0.2) is 0 Å². The lowest BCUT2D eigenvalue weighted by Crippen LogP contribution is -2.13. The SMILES string of the molecule is CCCC[C@H](N)c1c(C)cccc1F. The highest BCUT2D eigenvalue weighted by Gasteiger charge is 2.12. The minimum atomic E-state index is -0.173. The van der Waals surface area contributed by atoms with Gasteiger partial charge in [-0.2, -0.15) is 0 Å². The van der Waals surface area contributed by atoms with Crippen LogP contribution in [0, 0.1) is 12.7 Å². The molecule has 0 spiro atoms. The lowest BCUT2D eigenvalue weighted by atomic mass is 9.97. The Morgan fingerprint density at radius 2 is 2.14 bits per heavy atom. The van der Waals surface area contributed by atoms with Crippen LogP contribution in [-0.2, 0) is 0 Å². The van der Waals surface area contributed by atoms with Crippen molar-refractivity contribution in [2.75, 3.05) is 0 Å². The van der Waals surface area contributed by atoms with E-state index in [9.17, 15) is 4.39 Å². The highest BCUT2D eigenvalue weighted by atomic mass is 19.1.